The quantitative estimate of drug-likeness (QED) is 0.608. The van der Waals surface area contributed by atoms with Crippen LogP contribution in [-0.4, -0.2) is 57.5 Å². The van der Waals surface area contributed by atoms with Gasteiger partial charge in [0.1, 0.15) is 18.6 Å². The monoisotopic (exact) mass is 270 g/mol. The summed E-state index contributed by atoms with van der Waals surface area (Å²) in [6, 6.07) is 2.28. The summed E-state index contributed by atoms with van der Waals surface area (Å²) in [7, 11) is 0. The molecular weight excluding hydrogens is 256 g/mol. The van der Waals surface area contributed by atoms with E-state index in [-0.39, 0.29) is 25.4 Å². The lowest BCUT2D eigenvalue weighted by Crippen LogP contribution is -2.38. The third-order valence-electron chi connectivity index (χ3n) is 2.12. The standard InChI is InChI=1S/C11H14N2O6/c1-8(15)6-12(4-5-14)7-11(18)19-13-9(16)2-3-10(13)17/h2-3,5,16-17H,4,6-7H2,1H3. The zero-order valence-corrected chi connectivity index (χ0v) is 10.3. The van der Waals surface area contributed by atoms with Crippen LogP contribution in [0.25, 0.3) is 0 Å². The minimum atomic E-state index is -0.829. The largest absolute Gasteiger partial charge is 0.492 e. The smallest absolute Gasteiger partial charge is 0.347 e. The second-order valence-corrected chi connectivity index (χ2v) is 3.85. The number of carbonyl (C=O) groups is 3. The van der Waals surface area contributed by atoms with Gasteiger partial charge in [0.25, 0.3) is 0 Å². The van der Waals surface area contributed by atoms with Crippen LogP contribution in [-0.2, 0) is 14.4 Å². The number of nitrogens with zero attached hydrogens (tertiary/aromatic N) is 2. The Kier molecular flexibility index (Phi) is 5.07. The molecule has 8 nitrogen and oxygen atoms in total. The number of Topliss-reactive ketones (excluding diaryl/α,β-unsaturated/α-hetero) is 1. The average molecular weight is 270 g/mol. The van der Waals surface area contributed by atoms with Crippen molar-refractivity contribution in [3.05, 3.63) is 12.1 Å². The van der Waals surface area contributed by atoms with Gasteiger partial charge in [0.15, 0.2) is 0 Å². The number of aromatic hydroxyl groups is 2. The highest BCUT2D eigenvalue weighted by molar-refractivity contribution is 5.79. The molecule has 0 spiro atoms. The van der Waals surface area contributed by atoms with Crippen LogP contribution in [0.2, 0.25) is 0 Å². The fourth-order valence-corrected chi connectivity index (χ4v) is 1.41. The molecule has 0 atom stereocenters. The van der Waals surface area contributed by atoms with Crippen LogP contribution in [0.5, 0.6) is 11.8 Å². The predicted octanol–water partition coefficient (Wildman–Crippen LogP) is -1.06. The van der Waals surface area contributed by atoms with Crippen LogP contribution in [0.3, 0.4) is 0 Å². The molecule has 0 aliphatic heterocycles. The van der Waals surface area contributed by atoms with E-state index in [1.165, 1.54) is 11.8 Å². The molecule has 2 N–H and O–H groups in total. The number of aromatic nitrogens is 1. The van der Waals surface area contributed by atoms with Gasteiger partial charge < -0.3 is 19.8 Å². The highest BCUT2D eigenvalue weighted by Gasteiger charge is 2.16. The molecule has 19 heavy (non-hydrogen) atoms. The molecule has 0 radical (unpaired) electrons. The Balaban J connectivity index is 2.62. The van der Waals surface area contributed by atoms with E-state index in [9.17, 15) is 24.6 Å². The van der Waals surface area contributed by atoms with Crippen molar-refractivity contribution in [3.8, 4) is 11.8 Å². The third-order valence-corrected chi connectivity index (χ3v) is 2.12. The maximum absolute atomic E-state index is 11.5. The maximum Gasteiger partial charge on any atom is 0.347 e. The molecule has 1 rings (SSSR count). The Hall–Kier alpha value is -2.35. The normalized spacial score (nSPS) is 10.4. The summed E-state index contributed by atoms with van der Waals surface area (Å²) in [5, 5.41) is 18.5. The summed E-state index contributed by atoms with van der Waals surface area (Å²) in [6.45, 7) is 0.831. The molecule has 104 valence electrons. The number of carbonyl (C=O) groups excluding carboxylic acids is 3. The van der Waals surface area contributed by atoms with Crippen molar-refractivity contribution in [2.45, 2.75) is 6.92 Å². The summed E-state index contributed by atoms with van der Waals surface area (Å²) in [5.74, 6) is -1.93. The van der Waals surface area contributed by atoms with Gasteiger partial charge in [-0.15, -0.1) is 4.73 Å². The van der Waals surface area contributed by atoms with Gasteiger partial charge >= 0.3 is 5.97 Å². The Morgan fingerprint density at radius 1 is 1.32 bits per heavy atom. The first-order chi connectivity index (χ1) is 8.93. The fourth-order valence-electron chi connectivity index (χ4n) is 1.41. The van der Waals surface area contributed by atoms with E-state index in [1.54, 1.807) is 0 Å². The van der Waals surface area contributed by atoms with Crippen molar-refractivity contribution >= 4 is 18.0 Å². The molecule has 0 aliphatic carbocycles. The number of hydrogen-bond acceptors (Lipinski definition) is 7. The molecular formula is C11H14N2O6. The molecule has 0 aliphatic rings. The summed E-state index contributed by atoms with van der Waals surface area (Å²) < 4.78 is 0.537. The lowest BCUT2D eigenvalue weighted by Gasteiger charge is -2.16. The van der Waals surface area contributed by atoms with Crippen LogP contribution in [0.4, 0.5) is 0 Å². The molecule has 0 aromatic carbocycles. The number of rotatable bonds is 7. The molecule has 0 fully saturated rings. The predicted molar refractivity (Wildman–Crippen MR) is 62.5 cm³/mol. The van der Waals surface area contributed by atoms with Crippen molar-refractivity contribution in [2.24, 2.45) is 0 Å². The van der Waals surface area contributed by atoms with Gasteiger partial charge in [0.05, 0.1) is 13.1 Å². The Morgan fingerprint density at radius 2 is 1.89 bits per heavy atom. The van der Waals surface area contributed by atoms with E-state index in [0.29, 0.717) is 11.0 Å². The minimum Gasteiger partial charge on any atom is -0.492 e. The van der Waals surface area contributed by atoms with Gasteiger partial charge in [-0.05, 0) is 6.92 Å². The molecule has 0 amide bonds. The van der Waals surface area contributed by atoms with Crippen molar-refractivity contribution in [2.75, 3.05) is 19.6 Å². The van der Waals surface area contributed by atoms with Gasteiger partial charge in [0.2, 0.25) is 11.8 Å². The van der Waals surface area contributed by atoms with Crippen molar-refractivity contribution in [1.29, 1.82) is 0 Å². The van der Waals surface area contributed by atoms with E-state index in [0.717, 1.165) is 12.1 Å². The first kappa shape index (κ1) is 14.7. The highest BCUT2D eigenvalue weighted by Crippen LogP contribution is 2.18. The molecule has 1 heterocycles. The number of aldehydes is 1. The van der Waals surface area contributed by atoms with Crippen molar-refractivity contribution < 1.29 is 29.4 Å². The Morgan fingerprint density at radius 3 is 2.37 bits per heavy atom. The molecule has 0 saturated carbocycles. The first-order valence-electron chi connectivity index (χ1n) is 5.40. The Bertz CT molecular complexity index is 462. The minimum absolute atomic E-state index is 0.0719. The molecule has 0 bridgehead atoms. The van der Waals surface area contributed by atoms with Crippen LogP contribution >= 0.6 is 0 Å². The van der Waals surface area contributed by atoms with Crippen LogP contribution in [0.15, 0.2) is 12.1 Å². The maximum atomic E-state index is 11.5. The van der Waals surface area contributed by atoms with Crippen molar-refractivity contribution in [3.63, 3.8) is 0 Å². The Labute approximate surface area is 108 Å². The lowest BCUT2D eigenvalue weighted by molar-refractivity contribution is -0.146. The van der Waals surface area contributed by atoms with Crippen molar-refractivity contribution in [1.82, 2.24) is 9.63 Å². The van der Waals surface area contributed by atoms with Crippen LogP contribution < -0.4 is 4.84 Å². The van der Waals surface area contributed by atoms with Crippen LogP contribution in [0.1, 0.15) is 6.92 Å². The lowest BCUT2D eigenvalue weighted by atomic mass is 10.4. The molecule has 0 saturated heterocycles. The molecule has 0 unspecified atom stereocenters. The fraction of sp³-hybridized carbons (Fsp3) is 0.364. The summed E-state index contributed by atoms with van der Waals surface area (Å²) in [4.78, 5) is 38.9. The average Bonchev–Trinajstić information content (AvgIpc) is 2.60. The number of hydrogen-bond donors (Lipinski definition) is 2. The zero-order chi connectivity index (χ0) is 14.4. The first-order valence-corrected chi connectivity index (χ1v) is 5.40. The van der Waals surface area contributed by atoms with E-state index in [4.69, 9.17) is 0 Å². The van der Waals surface area contributed by atoms with Gasteiger partial charge in [0, 0.05) is 12.1 Å². The second kappa shape index (κ2) is 6.55. The summed E-state index contributed by atoms with van der Waals surface area (Å²) >= 11 is 0. The second-order valence-electron chi connectivity index (χ2n) is 3.85. The molecule has 1 aromatic heterocycles. The SMILES string of the molecule is CC(=O)CN(CC=O)CC(=O)On1c(O)ccc1O. The number of ketones is 1. The summed E-state index contributed by atoms with van der Waals surface area (Å²) in [6.07, 6.45) is 0.556. The summed E-state index contributed by atoms with van der Waals surface area (Å²) in [5.41, 5.74) is 0. The highest BCUT2D eigenvalue weighted by atomic mass is 16.7. The van der Waals surface area contributed by atoms with E-state index >= 15 is 0 Å². The zero-order valence-electron chi connectivity index (χ0n) is 10.3. The topological polar surface area (TPSA) is 109 Å². The van der Waals surface area contributed by atoms with E-state index in [2.05, 4.69) is 4.84 Å². The molecule has 1 aromatic rings. The van der Waals surface area contributed by atoms with E-state index < -0.39 is 17.7 Å². The molecule has 8 heteroatoms. The van der Waals surface area contributed by atoms with Crippen LogP contribution in [0, 0.1) is 0 Å². The van der Waals surface area contributed by atoms with Gasteiger partial charge in [-0.2, -0.15) is 0 Å². The van der Waals surface area contributed by atoms with Gasteiger partial charge in [-0.3, -0.25) is 9.69 Å². The third kappa shape index (κ3) is 4.43. The van der Waals surface area contributed by atoms with E-state index in [1.807, 2.05) is 0 Å². The van der Waals surface area contributed by atoms with Gasteiger partial charge in [-0.1, -0.05) is 0 Å². The van der Waals surface area contributed by atoms with Gasteiger partial charge in [-0.25, -0.2) is 4.79 Å².